The molecule has 2 atom stereocenters. The van der Waals surface area contributed by atoms with Gasteiger partial charge in [-0.1, -0.05) is 67.1 Å². The van der Waals surface area contributed by atoms with E-state index in [4.69, 9.17) is 0 Å². The lowest BCUT2D eigenvalue weighted by Gasteiger charge is -2.57. The van der Waals surface area contributed by atoms with E-state index >= 15 is 0 Å². The van der Waals surface area contributed by atoms with Gasteiger partial charge in [-0.15, -0.1) is 0 Å². The summed E-state index contributed by atoms with van der Waals surface area (Å²) in [4.78, 5) is 0. The van der Waals surface area contributed by atoms with Crippen LogP contribution in [0.3, 0.4) is 0 Å². The molecule has 0 nitrogen and oxygen atoms in total. The van der Waals surface area contributed by atoms with E-state index in [9.17, 15) is 0 Å². The second-order valence-corrected chi connectivity index (χ2v) is 6.25. The molecule has 0 heteroatoms. The molecule has 2 aromatic carbocycles. The minimum atomic E-state index is 0.426. The molecule has 2 aromatic rings. The van der Waals surface area contributed by atoms with Crippen LogP contribution in [0.4, 0.5) is 0 Å². The molecule has 2 saturated carbocycles. The number of rotatable bonds is 2. The summed E-state index contributed by atoms with van der Waals surface area (Å²) in [6.45, 7) is 0. The summed E-state index contributed by atoms with van der Waals surface area (Å²) in [6, 6.07) is 22.5. The molecule has 0 amide bonds. The topological polar surface area (TPSA) is 0 Å². The van der Waals surface area contributed by atoms with Gasteiger partial charge < -0.3 is 0 Å². The first-order valence-corrected chi connectivity index (χ1v) is 7.49. The Labute approximate surface area is 115 Å². The first kappa shape index (κ1) is 11.3. The van der Waals surface area contributed by atoms with Crippen molar-refractivity contribution in [3.05, 3.63) is 71.8 Å². The number of hydrogen-bond donors (Lipinski definition) is 0. The average Bonchev–Trinajstić information content (AvgIpc) is 2.74. The van der Waals surface area contributed by atoms with E-state index in [1.54, 1.807) is 11.1 Å². The quantitative estimate of drug-likeness (QED) is 0.713. The predicted molar refractivity (Wildman–Crippen MR) is 79.3 cm³/mol. The number of fused-ring (bicyclic) bond motifs is 1. The van der Waals surface area contributed by atoms with Crippen molar-refractivity contribution < 1.29 is 0 Å². The SMILES string of the molecule is c1ccc([C@@]23CCC[C@]2(c2ccccc2)CC3)cc1. The molecule has 0 N–H and O–H groups in total. The highest BCUT2D eigenvalue weighted by molar-refractivity contribution is 5.45. The van der Waals surface area contributed by atoms with Crippen LogP contribution < -0.4 is 0 Å². The monoisotopic (exact) mass is 248 g/mol. The van der Waals surface area contributed by atoms with Crippen molar-refractivity contribution in [2.24, 2.45) is 0 Å². The molecule has 19 heavy (non-hydrogen) atoms. The fraction of sp³-hybridized carbons (Fsp3) is 0.368. The molecular formula is C19H20. The zero-order valence-electron chi connectivity index (χ0n) is 11.3. The van der Waals surface area contributed by atoms with Crippen LogP contribution in [0.1, 0.15) is 43.2 Å². The molecule has 2 aliphatic rings. The van der Waals surface area contributed by atoms with Gasteiger partial charge in [0, 0.05) is 10.8 Å². The van der Waals surface area contributed by atoms with Gasteiger partial charge >= 0.3 is 0 Å². The van der Waals surface area contributed by atoms with Crippen LogP contribution in [-0.2, 0) is 10.8 Å². The molecular weight excluding hydrogens is 228 g/mol. The summed E-state index contributed by atoms with van der Waals surface area (Å²) in [6.07, 6.45) is 6.85. The van der Waals surface area contributed by atoms with Crippen molar-refractivity contribution in [2.45, 2.75) is 42.9 Å². The van der Waals surface area contributed by atoms with E-state index < -0.39 is 0 Å². The molecule has 0 unspecified atom stereocenters. The summed E-state index contributed by atoms with van der Waals surface area (Å²) < 4.78 is 0. The molecule has 2 fully saturated rings. The van der Waals surface area contributed by atoms with Crippen LogP contribution in [0, 0.1) is 0 Å². The Balaban J connectivity index is 1.85. The fourth-order valence-electron chi connectivity index (χ4n) is 4.79. The van der Waals surface area contributed by atoms with Gasteiger partial charge in [0.05, 0.1) is 0 Å². The third kappa shape index (κ3) is 1.35. The molecule has 0 spiro atoms. The summed E-state index contributed by atoms with van der Waals surface area (Å²) >= 11 is 0. The van der Waals surface area contributed by atoms with Gasteiger partial charge in [0.15, 0.2) is 0 Å². The highest BCUT2D eigenvalue weighted by Crippen LogP contribution is 2.67. The molecule has 0 aliphatic heterocycles. The molecule has 4 rings (SSSR count). The largest absolute Gasteiger partial charge is 0.0622 e. The first-order chi connectivity index (χ1) is 9.37. The van der Waals surface area contributed by atoms with Crippen molar-refractivity contribution in [2.75, 3.05) is 0 Å². The van der Waals surface area contributed by atoms with E-state index in [-0.39, 0.29) is 0 Å². The third-order valence-corrected chi connectivity index (χ3v) is 5.75. The highest BCUT2D eigenvalue weighted by Gasteiger charge is 2.62. The van der Waals surface area contributed by atoms with E-state index in [0.29, 0.717) is 10.8 Å². The van der Waals surface area contributed by atoms with Crippen LogP contribution in [0.15, 0.2) is 60.7 Å². The number of benzene rings is 2. The fourth-order valence-corrected chi connectivity index (χ4v) is 4.79. The predicted octanol–water partition coefficient (Wildman–Crippen LogP) is 4.84. The third-order valence-electron chi connectivity index (χ3n) is 5.75. The molecule has 0 saturated heterocycles. The van der Waals surface area contributed by atoms with Crippen LogP contribution in [0.2, 0.25) is 0 Å². The van der Waals surface area contributed by atoms with Gasteiger partial charge in [-0.05, 0) is 36.8 Å². The molecule has 0 heterocycles. The van der Waals surface area contributed by atoms with Crippen molar-refractivity contribution >= 4 is 0 Å². The molecule has 96 valence electrons. The summed E-state index contributed by atoms with van der Waals surface area (Å²) in [5.74, 6) is 0. The molecule has 0 radical (unpaired) electrons. The zero-order chi connectivity index (χ0) is 12.8. The maximum Gasteiger partial charge on any atom is 0.00501 e. The van der Waals surface area contributed by atoms with Crippen LogP contribution >= 0.6 is 0 Å². The van der Waals surface area contributed by atoms with Crippen LogP contribution in [0.25, 0.3) is 0 Å². The van der Waals surface area contributed by atoms with Crippen molar-refractivity contribution in [3.8, 4) is 0 Å². The number of hydrogen-bond acceptors (Lipinski definition) is 0. The van der Waals surface area contributed by atoms with Gasteiger partial charge in [-0.3, -0.25) is 0 Å². The first-order valence-electron chi connectivity index (χ1n) is 7.49. The lowest BCUT2D eigenvalue weighted by Crippen LogP contribution is -2.54. The van der Waals surface area contributed by atoms with E-state index in [1.807, 2.05) is 0 Å². The normalized spacial score (nSPS) is 32.6. The van der Waals surface area contributed by atoms with Crippen molar-refractivity contribution in [3.63, 3.8) is 0 Å². The van der Waals surface area contributed by atoms with Gasteiger partial charge in [-0.25, -0.2) is 0 Å². The summed E-state index contributed by atoms with van der Waals surface area (Å²) in [5, 5.41) is 0. The Kier molecular flexibility index (Phi) is 2.35. The maximum absolute atomic E-state index is 2.35. The summed E-state index contributed by atoms with van der Waals surface area (Å²) in [7, 11) is 0. The minimum absolute atomic E-state index is 0.426. The van der Waals surface area contributed by atoms with Gasteiger partial charge in [-0.2, -0.15) is 0 Å². The standard InChI is InChI=1S/C19H20/c1-3-8-16(9-4-1)18-12-7-13-19(18,15-14-18)17-10-5-2-6-11-17/h1-6,8-11H,7,12-15H2/t18-,19+. The maximum atomic E-state index is 2.35. The highest BCUT2D eigenvalue weighted by atomic mass is 14.7. The van der Waals surface area contributed by atoms with Crippen molar-refractivity contribution in [1.29, 1.82) is 0 Å². The van der Waals surface area contributed by atoms with Gasteiger partial charge in [0.25, 0.3) is 0 Å². The van der Waals surface area contributed by atoms with E-state index in [1.165, 1.54) is 32.1 Å². The zero-order valence-corrected chi connectivity index (χ0v) is 11.3. The van der Waals surface area contributed by atoms with Crippen LogP contribution in [0.5, 0.6) is 0 Å². The lowest BCUT2D eigenvalue weighted by molar-refractivity contribution is 0.107. The lowest BCUT2D eigenvalue weighted by atomic mass is 9.46. The van der Waals surface area contributed by atoms with Gasteiger partial charge in [0.1, 0.15) is 0 Å². The Morgan fingerprint density at radius 3 is 1.32 bits per heavy atom. The Morgan fingerprint density at radius 2 is 0.947 bits per heavy atom. The second kappa shape index (κ2) is 3.96. The van der Waals surface area contributed by atoms with E-state index in [2.05, 4.69) is 60.7 Å². The summed E-state index contributed by atoms with van der Waals surface area (Å²) in [5.41, 5.74) is 4.00. The molecule has 0 aromatic heterocycles. The average molecular weight is 248 g/mol. The van der Waals surface area contributed by atoms with Gasteiger partial charge in [0.2, 0.25) is 0 Å². The molecule has 2 aliphatic carbocycles. The second-order valence-electron chi connectivity index (χ2n) is 6.25. The smallest absolute Gasteiger partial charge is 0.00501 e. The minimum Gasteiger partial charge on any atom is -0.0622 e. The van der Waals surface area contributed by atoms with Crippen LogP contribution in [-0.4, -0.2) is 0 Å². The van der Waals surface area contributed by atoms with E-state index in [0.717, 1.165) is 0 Å². The Morgan fingerprint density at radius 1 is 0.526 bits per heavy atom. The molecule has 0 bridgehead atoms. The Hall–Kier alpha value is -1.56. The van der Waals surface area contributed by atoms with Crippen molar-refractivity contribution in [1.82, 2.24) is 0 Å². The Bertz CT molecular complexity index is 518.